The van der Waals surface area contributed by atoms with Gasteiger partial charge in [-0.25, -0.2) is 0 Å². The number of hydrogen-bond donors (Lipinski definition) is 0. The van der Waals surface area contributed by atoms with E-state index in [2.05, 4.69) is 0 Å². The van der Waals surface area contributed by atoms with Gasteiger partial charge in [0.15, 0.2) is 6.29 Å². The van der Waals surface area contributed by atoms with Crippen molar-refractivity contribution in [2.75, 3.05) is 7.11 Å². The van der Waals surface area contributed by atoms with E-state index < -0.39 is 6.10 Å². The highest BCUT2D eigenvalue weighted by Gasteiger charge is 2.05. The molecule has 1 atom stereocenters. The topological polar surface area (TPSA) is 26.3 Å². The Morgan fingerprint density at radius 3 is 2.45 bits per heavy atom. The Hall–Kier alpha value is -1.15. The summed E-state index contributed by atoms with van der Waals surface area (Å²) in [6.45, 7) is 0. The van der Waals surface area contributed by atoms with Gasteiger partial charge in [-0.05, 0) is 5.56 Å². The summed E-state index contributed by atoms with van der Waals surface area (Å²) < 4.78 is 4.92. The molecule has 58 valence electrons. The summed E-state index contributed by atoms with van der Waals surface area (Å²) in [4.78, 5) is 10.4. The van der Waals surface area contributed by atoms with Gasteiger partial charge in [-0.1, -0.05) is 30.3 Å². The maximum atomic E-state index is 10.4. The molecule has 1 aromatic rings. The molecule has 0 saturated heterocycles. The van der Waals surface area contributed by atoms with Crippen molar-refractivity contribution in [2.45, 2.75) is 6.10 Å². The summed E-state index contributed by atoms with van der Waals surface area (Å²) >= 11 is 0. The molecule has 0 N–H and O–H groups in total. The first-order chi connectivity index (χ1) is 5.38. The number of hydrogen-bond acceptors (Lipinski definition) is 2. The maximum absolute atomic E-state index is 10.4. The van der Waals surface area contributed by atoms with Crippen LogP contribution in [0.4, 0.5) is 0 Å². The molecule has 0 unspecified atom stereocenters. The van der Waals surface area contributed by atoms with E-state index in [0.717, 1.165) is 11.8 Å². The van der Waals surface area contributed by atoms with Crippen molar-refractivity contribution < 1.29 is 9.53 Å². The fourth-order valence-corrected chi connectivity index (χ4v) is 0.913. The Balaban J connectivity index is 2.82. The van der Waals surface area contributed by atoms with Gasteiger partial charge in [-0.3, -0.25) is 0 Å². The van der Waals surface area contributed by atoms with E-state index in [1.165, 1.54) is 7.11 Å². The normalized spacial score (nSPS) is 12.5. The molecule has 0 amide bonds. The minimum atomic E-state index is -0.420. The fraction of sp³-hybridized carbons (Fsp3) is 0.222. The van der Waals surface area contributed by atoms with Crippen molar-refractivity contribution in [3.8, 4) is 0 Å². The van der Waals surface area contributed by atoms with E-state index >= 15 is 0 Å². The molecule has 0 fully saturated rings. The first-order valence-electron chi connectivity index (χ1n) is 3.41. The Labute approximate surface area is 65.8 Å². The van der Waals surface area contributed by atoms with Crippen LogP contribution < -0.4 is 0 Å². The van der Waals surface area contributed by atoms with Gasteiger partial charge >= 0.3 is 0 Å². The Morgan fingerprint density at radius 1 is 1.36 bits per heavy atom. The predicted molar refractivity (Wildman–Crippen MR) is 42.3 cm³/mol. The van der Waals surface area contributed by atoms with Gasteiger partial charge in [0.05, 0.1) is 0 Å². The summed E-state index contributed by atoms with van der Waals surface area (Å²) in [5.74, 6) is 0. The van der Waals surface area contributed by atoms with E-state index in [-0.39, 0.29) is 0 Å². The largest absolute Gasteiger partial charge is 0.369 e. The third-order valence-corrected chi connectivity index (χ3v) is 1.51. The number of carbonyl (C=O) groups is 1. The number of rotatable bonds is 3. The second-order valence-corrected chi connectivity index (χ2v) is 2.20. The third-order valence-electron chi connectivity index (χ3n) is 1.51. The number of benzene rings is 1. The highest BCUT2D eigenvalue weighted by Crippen LogP contribution is 2.12. The highest BCUT2D eigenvalue weighted by molar-refractivity contribution is 5.59. The number of aldehydes is 1. The first-order valence-corrected chi connectivity index (χ1v) is 3.41. The quantitative estimate of drug-likeness (QED) is 0.611. The SMILES string of the molecule is CO[C@@H](C=O)c1ccccc1. The van der Waals surface area contributed by atoms with Crippen LogP contribution >= 0.6 is 0 Å². The molecular formula is C9H10O2. The van der Waals surface area contributed by atoms with Crippen molar-refractivity contribution in [3.63, 3.8) is 0 Å². The summed E-state index contributed by atoms with van der Waals surface area (Å²) in [5, 5.41) is 0. The first kappa shape index (κ1) is 7.95. The monoisotopic (exact) mass is 150 g/mol. The lowest BCUT2D eigenvalue weighted by atomic mass is 10.1. The second kappa shape index (κ2) is 3.88. The smallest absolute Gasteiger partial charge is 0.153 e. The third kappa shape index (κ3) is 1.88. The minimum absolute atomic E-state index is 0.420. The molecule has 0 saturated carbocycles. The Kier molecular flexibility index (Phi) is 2.81. The van der Waals surface area contributed by atoms with Crippen LogP contribution in [0.25, 0.3) is 0 Å². The van der Waals surface area contributed by atoms with Gasteiger partial charge < -0.3 is 9.53 Å². The molecule has 11 heavy (non-hydrogen) atoms. The molecule has 2 heteroatoms. The predicted octanol–water partition coefficient (Wildman–Crippen LogP) is 1.57. The average molecular weight is 150 g/mol. The van der Waals surface area contributed by atoms with E-state index in [4.69, 9.17) is 4.74 Å². The van der Waals surface area contributed by atoms with Crippen LogP contribution in [-0.4, -0.2) is 13.4 Å². The molecule has 1 aromatic carbocycles. The van der Waals surface area contributed by atoms with Crippen molar-refractivity contribution in [1.29, 1.82) is 0 Å². The molecule has 0 bridgehead atoms. The van der Waals surface area contributed by atoms with Crippen molar-refractivity contribution in [2.24, 2.45) is 0 Å². The van der Waals surface area contributed by atoms with Crippen molar-refractivity contribution >= 4 is 6.29 Å². The van der Waals surface area contributed by atoms with Crippen LogP contribution in [0.2, 0.25) is 0 Å². The fourth-order valence-electron chi connectivity index (χ4n) is 0.913. The maximum Gasteiger partial charge on any atom is 0.153 e. The van der Waals surface area contributed by atoms with Crippen LogP contribution in [-0.2, 0) is 9.53 Å². The molecule has 0 aliphatic heterocycles. The molecule has 0 aliphatic rings. The van der Waals surface area contributed by atoms with Crippen LogP contribution in [0.15, 0.2) is 30.3 Å². The van der Waals surface area contributed by atoms with Gasteiger partial charge in [0.25, 0.3) is 0 Å². The molecule has 0 radical (unpaired) electrons. The summed E-state index contributed by atoms with van der Waals surface area (Å²) in [6.07, 6.45) is 0.367. The van der Waals surface area contributed by atoms with Crippen molar-refractivity contribution in [3.05, 3.63) is 35.9 Å². The van der Waals surface area contributed by atoms with Gasteiger partial charge in [-0.15, -0.1) is 0 Å². The highest BCUT2D eigenvalue weighted by atomic mass is 16.5. The van der Waals surface area contributed by atoms with E-state index in [9.17, 15) is 4.79 Å². The number of ether oxygens (including phenoxy) is 1. The van der Waals surface area contributed by atoms with Gasteiger partial charge in [-0.2, -0.15) is 0 Å². The van der Waals surface area contributed by atoms with Crippen LogP contribution in [0.1, 0.15) is 11.7 Å². The second-order valence-electron chi connectivity index (χ2n) is 2.20. The van der Waals surface area contributed by atoms with E-state index in [0.29, 0.717) is 0 Å². The summed E-state index contributed by atoms with van der Waals surface area (Å²) in [7, 11) is 1.52. The molecule has 0 aliphatic carbocycles. The van der Waals surface area contributed by atoms with Gasteiger partial charge in [0.2, 0.25) is 0 Å². The van der Waals surface area contributed by atoms with Gasteiger partial charge in [0.1, 0.15) is 6.10 Å². The Morgan fingerprint density at radius 2 is 2.00 bits per heavy atom. The lowest BCUT2D eigenvalue weighted by molar-refractivity contribution is -0.116. The van der Waals surface area contributed by atoms with Crippen LogP contribution in [0, 0.1) is 0 Å². The molecule has 0 heterocycles. The van der Waals surface area contributed by atoms with E-state index in [1.807, 2.05) is 30.3 Å². The zero-order chi connectivity index (χ0) is 8.10. The van der Waals surface area contributed by atoms with Crippen LogP contribution in [0.5, 0.6) is 0 Å². The standard InChI is InChI=1S/C9H10O2/c1-11-9(7-10)8-5-3-2-4-6-8/h2-7,9H,1H3/t9-/m0/s1. The zero-order valence-electron chi connectivity index (χ0n) is 6.36. The average Bonchev–Trinajstić information content (AvgIpc) is 2.09. The lowest BCUT2D eigenvalue weighted by Crippen LogP contribution is -2.01. The zero-order valence-corrected chi connectivity index (χ0v) is 6.36. The number of methoxy groups -OCH3 is 1. The molecule has 0 spiro atoms. The lowest BCUT2D eigenvalue weighted by Gasteiger charge is -2.06. The molecule has 2 nitrogen and oxygen atoms in total. The summed E-state index contributed by atoms with van der Waals surface area (Å²) in [6, 6.07) is 9.39. The van der Waals surface area contributed by atoms with E-state index in [1.54, 1.807) is 0 Å². The number of carbonyl (C=O) groups excluding carboxylic acids is 1. The molecule has 0 aromatic heterocycles. The Bertz CT molecular complexity index is 218. The van der Waals surface area contributed by atoms with Crippen LogP contribution in [0.3, 0.4) is 0 Å². The van der Waals surface area contributed by atoms with Crippen molar-refractivity contribution in [1.82, 2.24) is 0 Å². The minimum Gasteiger partial charge on any atom is -0.369 e. The van der Waals surface area contributed by atoms with Gasteiger partial charge in [0, 0.05) is 7.11 Å². The summed E-state index contributed by atoms with van der Waals surface area (Å²) in [5.41, 5.74) is 0.894. The molecule has 1 rings (SSSR count). The molecular weight excluding hydrogens is 140 g/mol.